The van der Waals surface area contributed by atoms with E-state index in [1.54, 1.807) is 17.0 Å². The average molecular weight is 516 g/mol. The van der Waals surface area contributed by atoms with Gasteiger partial charge in [-0.2, -0.15) is 0 Å². The Morgan fingerprint density at radius 3 is 2.47 bits per heavy atom. The van der Waals surface area contributed by atoms with Crippen LogP contribution in [0.15, 0.2) is 71.3 Å². The molecular formula is C31H37N3O4. The molecule has 38 heavy (non-hydrogen) atoms. The zero-order valence-corrected chi connectivity index (χ0v) is 22.1. The van der Waals surface area contributed by atoms with E-state index in [-0.39, 0.29) is 23.6 Å². The van der Waals surface area contributed by atoms with Gasteiger partial charge in [0.1, 0.15) is 6.04 Å². The Balaban J connectivity index is 1.46. The minimum atomic E-state index is -0.767. The van der Waals surface area contributed by atoms with Gasteiger partial charge in [0.2, 0.25) is 5.91 Å². The second-order valence-corrected chi connectivity index (χ2v) is 10.3. The molecule has 1 atom stereocenters. The number of carbonyl (C=O) groups is 2. The number of hydrogen-bond acceptors (Lipinski definition) is 5. The normalized spacial score (nSPS) is 16.8. The molecule has 3 aromatic rings. The maximum Gasteiger partial charge on any atom is 0.290 e. The van der Waals surface area contributed by atoms with Crippen LogP contribution in [0.3, 0.4) is 0 Å². The smallest absolute Gasteiger partial charge is 0.290 e. The summed E-state index contributed by atoms with van der Waals surface area (Å²) in [4.78, 5) is 31.7. The van der Waals surface area contributed by atoms with E-state index in [9.17, 15) is 9.59 Å². The first-order valence-electron chi connectivity index (χ1n) is 13.7. The van der Waals surface area contributed by atoms with Gasteiger partial charge in [-0.3, -0.25) is 9.59 Å². The molecule has 0 unspecified atom stereocenters. The van der Waals surface area contributed by atoms with Crippen molar-refractivity contribution in [2.75, 3.05) is 37.7 Å². The van der Waals surface area contributed by atoms with Crippen LogP contribution in [0.4, 0.5) is 5.69 Å². The summed E-state index contributed by atoms with van der Waals surface area (Å²) >= 11 is 0. The van der Waals surface area contributed by atoms with Crippen molar-refractivity contribution >= 4 is 17.5 Å². The van der Waals surface area contributed by atoms with Gasteiger partial charge in [-0.1, -0.05) is 54.8 Å². The summed E-state index contributed by atoms with van der Waals surface area (Å²) in [5.41, 5.74) is 4.18. The summed E-state index contributed by atoms with van der Waals surface area (Å²) in [7, 11) is 0. The summed E-state index contributed by atoms with van der Waals surface area (Å²) < 4.78 is 11.0. The van der Waals surface area contributed by atoms with Crippen LogP contribution in [0.25, 0.3) is 0 Å². The van der Waals surface area contributed by atoms with E-state index in [2.05, 4.69) is 35.3 Å². The predicted octanol–water partition coefficient (Wildman–Crippen LogP) is 4.91. The number of hydrogen-bond donors (Lipinski definition) is 1. The molecule has 5 rings (SSSR count). The molecule has 1 aliphatic carbocycles. The van der Waals surface area contributed by atoms with Crippen molar-refractivity contribution < 1.29 is 18.7 Å². The highest BCUT2D eigenvalue weighted by molar-refractivity contribution is 5.96. The molecule has 1 saturated heterocycles. The molecule has 1 N–H and O–H groups in total. The lowest BCUT2D eigenvalue weighted by molar-refractivity contribution is -0.126. The standard InChI is InChI=1S/C31H37N3O4/c1-23-6-4-7-24(22-23)15-16-34(31(36)28-10-5-19-38-28)29(30(35)32-26-8-2-3-9-26)25-11-13-27(14-12-25)33-17-20-37-21-18-33/h4-7,10-14,19,22,26,29H,2-3,8-9,15-18,20-21H2,1H3,(H,32,35)/t29-/m1/s1. The van der Waals surface area contributed by atoms with Crippen molar-refractivity contribution in [3.63, 3.8) is 0 Å². The molecule has 2 fully saturated rings. The first kappa shape index (κ1) is 26.0. The van der Waals surface area contributed by atoms with Crippen LogP contribution in [0, 0.1) is 6.92 Å². The van der Waals surface area contributed by atoms with Crippen molar-refractivity contribution in [3.05, 3.63) is 89.4 Å². The highest BCUT2D eigenvalue weighted by Gasteiger charge is 2.34. The number of aryl methyl sites for hydroxylation is 1. The Morgan fingerprint density at radius 2 is 1.79 bits per heavy atom. The van der Waals surface area contributed by atoms with Crippen LogP contribution >= 0.6 is 0 Å². The van der Waals surface area contributed by atoms with Crippen molar-refractivity contribution in [2.24, 2.45) is 0 Å². The molecule has 2 aromatic carbocycles. The zero-order chi connectivity index (χ0) is 26.3. The molecular weight excluding hydrogens is 478 g/mol. The zero-order valence-electron chi connectivity index (χ0n) is 22.1. The molecule has 200 valence electrons. The number of morpholine rings is 1. The van der Waals surface area contributed by atoms with Gasteiger partial charge in [-0.15, -0.1) is 0 Å². The number of nitrogens with zero attached hydrogens (tertiary/aromatic N) is 2. The summed E-state index contributed by atoms with van der Waals surface area (Å²) in [6.07, 6.45) is 6.32. The van der Waals surface area contributed by atoms with Gasteiger partial charge in [0.05, 0.1) is 19.5 Å². The fourth-order valence-corrected chi connectivity index (χ4v) is 5.52. The number of furan rings is 1. The number of anilines is 1. The predicted molar refractivity (Wildman–Crippen MR) is 147 cm³/mol. The van der Waals surface area contributed by atoms with Gasteiger partial charge in [-0.25, -0.2) is 0 Å². The number of amides is 2. The third kappa shape index (κ3) is 6.27. The van der Waals surface area contributed by atoms with Gasteiger partial charge >= 0.3 is 0 Å². The number of rotatable bonds is 9. The Morgan fingerprint density at radius 1 is 1.03 bits per heavy atom. The number of carbonyl (C=O) groups excluding carboxylic acids is 2. The van der Waals surface area contributed by atoms with Crippen LogP contribution in [-0.4, -0.2) is 55.6 Å². The monoisotopic (exact) mass is 515 g/mol. The summed E-state index contributed by atoms with van der Waals surface area (Å²) in [5, 5.41) is 3.25. The fourth-order valence-electron chi connectivity index (χ4n) is 5.52. The van der Waals surface area contributed by atoms with Crippen molar-refractivity contribution in [2.45, 2.75) is 51.1 Å². The average Bonchev–Trinajstić information content (AvgIpc) is 3.66. The second-order valence-electron chi connectivity index (χ2n) is 10.3. The second kappa shape index (κ2) is 12.3. The van der Waals surface area contributed by atoms with Gasteiger partial charge < -0.3 is 24.3 Å². The summed E-state index contributed by atoms with van der Waals surface area (Å²) in [6.45, 7) is 5.53. The van der Waals surface area contributed by atoms with Crippen molar-refractivity contribution in [1.82, 2.24) is 10.2 Å². The Labute approximate surface area is 224 Å². The molecule has 0 spiro atoms. The third-order valence-electron chi connectivity index (χ3n) is 7.56. The number of ether oxygens (including phenoxy) is 1. The van der Waals surface area contributed by atoms with Gasteiger partial charge in [-0.05, 0) is 61.6 Å². The highest BCUT2D eigenvalue weighted by atomic mass is 16.5. The van der Waals surface area contributed by atoms with Crippen LogP contribution in [0.5, 0.6) is 0 Å². The van der Waals surface area contributed by atoms with Gasteiger partial charge in [0, 0.05) is 31.4 Å². The minimum Gasteiger partial charge on any atom is -0.459 e. The molecule has 0 radical (unpaired) electrons. The summed E-state index contributed by atoms with van der Waals surface area (Å²) in [6, 6.07) is 19.1. The lowest BCUT2D eigenvalue weighted by atomic mass is 10.0. The molecule has 2 amide bonds. The molecule has 0 bridgehead atoms. The van der Waals surface area contributed by atoms with Crippen LogP contribution in [-0.2, 0) is 16.0 Å². The fraction of sp³-hybridized carbons (Fsp3) is 0.419. The van der Waals surface area contributed by atoms with E-state index in [0.717, 1.165) is 55.6 Å². The van der Waals surface area contributed by atoms with Gasteiger partial charge in [0.15, 0.2) is 5.76 Å². The Bertz CT molecular complexity index is 1200. The lowest BCUT2D eigenvalue weighted by Crippen LogP contribution is -2.46. The highest BCUT2D eigenvalue weighted by Crippen LogP contribution is 2.28. The van der Waals surface area contributed by atoms with E-state index in [0.29, 0.717) is 26.2 Å². The van der Waals surface area contributed by atoms with E-state index in [1.165, 1.54) is 11.8 Å². The first-order chi connectivity index (χ1) is 18.6. The molecule has 1 saturated carbocycles. The largest absolute Gasteiger partial charge is 0.459 e. The molecule has 1 aliphatic heterocycles. The van der Waals surface area contributed by atoms with Gasteiger partial charge in [0.25, 0.3) is 5.91 Å². The molecule has 1 aromatic heterocycles. The molecule has 7 nitrogen and oxygen atoms in total. The first-order valence-corrected chi connectivity index (χ1v) is 13.7. The molecule has 2 aliphatic rings. The number of nitrogens with one attached hydrogen (secondary N) is 1. The van der Waals surface area contributed by atoms with E-state index in [4.69, 9.17) is 9.15 Å². The maximum atomic E-state index is 13.9. The maximum absolute atomic E-state index is 13.9. The van der Waals surface area contributed by atoms with E-state index < -0.39 is 6.04 Å². The summed E-state index contributed by atoms with van der Waals surface area (Å²) in [5.74, 6) is -0.190. The van der Waals surface area contributed by atoms with E-state index in [1.807, 2.05) is 30.3 Å². The van der Waals surface area contributed by atoms with Crippen molar-refractivity contribution in [1.29, 1.82) is 0 Å². The Kier molecular flexibility index (Phi) is 8.44. The number of benzene rings is 2. The van der Waals surface area contributed by atoms with E-state index >= 15 is 0 Å². The third-order valence-corrected chi connectivity index (χ3v) is 7.56. The quantitative estimate of drug-likeness (QED) is 0.438. The topological polar surface area (TPSA) is 75.0 Å². The molecule has 7 heteroatoms. The van der Waals surface area contributed by atoms with Crippen LogP contribution in [0.2, 0.25) is 0 Å². The Hall–Kier alpha value is -3.58. The molecule has 2 heterocycles. The SMILES string of the molecule is Cc1cccc(CCN(C(=O)c2ccco2)[C@@H](C(=O)NC2CCCC2)c2ccc(N3CCOCC3)cc2)c1. The minimum absolute atomic E-state index is 0.139. The van der Waals surface area contributed by atoms with Crippen LogP contribution < -0.4 is 10.2 Å². The van der Waals surface area contributed by atoms with Crippen molar-refractivity contribution in [3.8, 4) is 0 Å². The lowest BCUT2D eigenvalue weighted by Gasteiger charge is -2.33. The van der Waals surface area contributed by atoms with Crippen LogP contribution in [0.1, 0.15) is 59.0 Å².